The lowest BCUT2D eigenvalue weighted by Gasteiger charge is -2.35. The Morgan fingerprint density at radius 1 is 1.00 bits per heavy atom. The number of piperidine rings is 1. The van der Waals surface area contributed by atoms with Gasteiger partial charge >= 0.3 is 0 Å². The minimum Gasteiger partial charge on any atom is -0.301 e. The van der Waals surface area contributed by atoms with Gasteiger partial charge in [-0.2, -0.15) is 0 Å². The molecule has 1 saturated carbocycles. The summed E-state index contributed by atoms with van der Waals surface area (Å²) in [4.78, 5) is 7.50. The number of hydrogen-bond acceptors (Lipinski definition) is 3. The standard InChI is InChI=1S/C10H20N2O/c11-13-10-5-7-12(8-6-10)9-3-1-2-4-9/h9-10H,1-8,11H2. The van der Waals surface area contributed by atoms with Crippen LogP contribution in [0, 0.1) is 0 Å². The van der Waals surface area contributed by atoms with Crippen molar-refractivity contribution in [2.75, 3.05) is 13.1 Å². The van der Waals surface area contributed by atoms with E-state index in [0.717, 1.165) is 18.9 Å². The van der Waals surface area contributed by atoms with Gasteiger partial charge in [0, 0.05) is 19.1 Å². The maximum absolute atomic E-state index is 5.18. The van der Waals surface area contributed by atoms with Crippen LogP contribution in [0.1, 0.15) is 38.5 Å². The van der Waals surface area contributed by atoms with Crippen LogP contribution in [-0.4, -0.2) is 30.1 Å². The molecule has 0 unspecified atom stereocenters. The van der Waals surface area contributed by atoms with Crippen LogP contribution >= 0.6 is 0 Å². The van der Waals surface area contributed by atoms with E-state index in [-0.39, 0.29) is 0 Å². The molecule has 76 valence electrons. The van der Waals surface area contributed by atoms with E-state index in [1.54, 1.807) is 0 Å². The molecule has 0 aromatic heterocycles. The van der Waals surface area contributed by atoms with Crippen LogP contribution in [0.4, 0.5) is 0 Å². The maximum atomic E-state index is 5.18. The molecule has 0 amide bonds. The summed E-state index contributed by atoms with van der Waals surface area (Å²) >= 11 is 0. The molecule has 2 rings (SSSR count). The number of likely N-dealkylation sites (tertiary alicyclic amines) is 1. The van der Waals surface area contributed by atoms with Gasteiger partial charge in [0.2, 0.25) is 0 Å². The molecule has 3 heteroatoms. The molecule has 0 atom stereocenters. The first kappa shape index (κ1) is 9.44. The SMILES string of the molecule is NOC1CCN(C2CCCC2)CC1. The van der Waals surface area contributed by atoms with Crippen molar-refractivity contribution in [2.24, 2.45) is 5.90 Å². The van der Waals surface area contributed by atoms with Crippen LogP contribution in [0.15, 0.2) is 0 Å². The normalized spacial score (nSPS) is 28.4. The highest BCUT2D eigenvalue weighted by molar-refractivity contribution is 4.81. The van der Waals surface area contributed by atoms with Crippen molar-refractivity contribution < 1.29 is 4.84 Å². The highest BCUT2D eigenvalue weighted by atomic mass is 16.6. The van der Waals surface area contributed by atoms with Crippen LogP contribution in [0.25, 0.3) is 0 Å². The van der Waals surface area contributed by atoms with Gasteiger partial charge in [0.25, 0.3) is 0 Å². The Morgan fingerprint density at radius 3 is 2.15 bits per heavy atom. The maximum Gasteiger partial charge on any atom is 0.0811 e. The van der Waals surface area contributed by atoms with Crippen molar-refractivity contribution in [3.63, 3.8) is 0 Å². The third kappa shape index (κ3) is 2.22. The zero-order valence-electron chi connectivity index (χ0n) is 8.24. The Hall–Kier alpha value is -0.120. The Morgan fingerprint density at radius 2 is 1.62 bits per heavy atom. The predicted octanol–water partition coefficient (Wildman–Crippen LogP) is 1.28. The van der Waals surface area contributed by atoms with Crippen LogP contribution < -0.4 is 5.90 Å². The number of hydrogen-bond donors (Lipinski definition) is 1. The fraction of sp³-hybridized carbons (Fsp3) is 1.00. The minimum atomic E-state index is 0.317. The quantitative estimate of drug-likeness (QED) is 0.657. The molecule has 2 N–H and O–H groups in total. The molecule has 0 spiro atoms. The molecule has 2 fully saturated rings. The largest absolute Gasteiger partial charge is 0.301 e. The van der Waals surface area contributed by atoms with E-state index in [4.69, 9.17) is 10.7 Å². The van der Waals surface area contributed by atoms with Crippen LogP contribution in [0.5, 0.6) is 0 Å². The fourth-order valence-corrected chi connectivity index (χ4v) is 2.65. The van der Waals surface area contributed by atoms with Crippen molar-refractivity contribution in [1.82, 2.24) is 4.90 Å². The van der Waals surface area contributed by atoms with E-state index >= 15 is 0 Å². The summed E-state index contributed by atoms with van der Waals surface area (Å²) in [6, 6.07) is 0.874. The van der Waals surface area contributed by atoms with Crippen LogP contribution in [0.2, 0.25) is 0 Å². The van der Waals surface area contributed by atoms with Gasteiger partial charge in [-0.1, -0.05) is 12.8 Å². The van der Waals surface area contributed by atoms with Gasteiger partial charge in [0.15, 0.2) is 0 Å². The molecule has 0 radical (unpaired) electrons. The summed E-state index contributed by atoms with van der Waals surface area (Å²) in [5.74, 6) is 5.18. The van der Waals surface area contributed by atoms with Gasteiger partial charge in [-0.3, -0.25) is 0 Å². The molecule has 0 bridgehead atoms. The molecule has 0 aromatic carbocycles. The van der Waals surface area contributed by atoms with Gasteiger partial charge in [-0.05, 0) is 25.7 Å². The summed E-state index contributed by atoms with van der Waals surface area (Å²) in [5, 5.41) is 0. The fourth-order valence-electron chi connectivity index (χ4n) is 2.65. The molecule has 13 heavy (non-hydrogen) atoms. The monoisotopic (exact) mass is 184 g/mol. The van der Waals surface area contributed by atoms with Gasteiger partial charge < -0.3 is 9.74 Å². The van der Waals surface area contributed by atoms with Crippen molar-refractivity contribution in [3.8, 4) is 0 Å². The first-order chi connectivity index (χ1) is 6.40. The second-order valence-corrected chi connectivity index (χ2v) is 4.31. The molecular weight excluding hydrogens is 164 g/mol. The lowest BCUT2D eigenvalue weighted by Crippen LogP contribution is -2.42. The van der Waals surface area contributed by atoms with Gasteiger partial charge in [0.05, 0.1) is 6.10 Å². The van der Waals surface area contributed by atoms with Gasteiger partial charge in [-0.15, -0.1) is 0 Å². The van der Waals surface area contributed by atoms with Gasteiger partial charge in [0.1, 0.15) is 0 Å². The lowest BCUT2D eigenvalue weighted by molar-refractivity contribution is -0.00234. The van der Waals surface area contributed by atoms with E-state index in [0.29, 0.717) is 6.10 Å². The zero-order chi connectivity index (χ0) is 9.10. The Labute approximate surface area is 80.2 Å². The Bertz CT molecular complexity index is 149. The summed E-state index contributed by atoms with van der Waals surface area (Å²) < 4.78 is 0. The van der Waals surface area contributed by atoms with Crippen molar-refractivity contribution in [3.05, 3.63) is 0 Å². The predicted molar refractivity (Wildman–Crippen MR) is 52.1 cm³/mol. The topological polar surface area (TPSA) is 38.5 Å². The highest BCUT2D eigenvalue weighted by Crippen LogP contribution is 2.26. The van der Waals surface area contributed by atoms with E-state index in [2.05, 4.69) is 4.90 Å². The molecule has 1 heterocycles. The van der Waals surface area contributed by atoms with Crippen LogP contribution in [0.3, 0.4) is 0 Å². The summed E-state index contributed by atoms with van der Waals surface area (Å²) in [5.41, 5.74) is 0. The minimum absolute atomic E-state index is 0.317. The average molecular weight is 184 g/mol. The highest BCUT2D eigenvalue weighted by Gasteiger charge is 2.26. The summed E-state index contributed by atoms with van der Waals surface area (Å²) in [6.45, 7) is 2.37. The Kier molecular flexibility index (Phi) is 3.19. The number of rotatable bonds is 2. The molecular formula is C10H20N2O. The molecule has 1 saturated heterocycles. The summed E-state index contributed by atoms with van der Waals surface area (Å²) in [6.07, 6.45) is 8.23. The molecule has 2 aliphatic rings. The first-order valence-electron chi connectivity index (χ1n) is 5.50. The second-order valence-electron chi connectivity index (χ2n) is 4.31. The van der Waals surface area contributed by atoms with Crippen LogP contribution in [-0.2, 0) is 4.84 Å². The zero-order valence-corrected chi connectivity index (χ0v) is 8.24. The molecule has 0 aromatic rings. The number of nitrogens with zero attached hydrogens (tertiary/aromatic N) is 1. The molecule has 1 aliphatic carbocycles. The first-order valence-corrected chi connectivity index (χ1v) is 5.50. The van der Waals surface area contributed by atoms with Crippen molar-refractivity contribution >= 4 is 0 Å². The lowest BCUT2D eigenvalue weighted by atomic mass is 10.1. The number of nitrogens with two attached hydrogens (primary N) is 1. The van der Waals surface area contributed by atoms with E-state index in [1.165, 1.54) is 38.8 Å². The molecule has 1 aliphatic heterocycles. The third-order valence-electron chi connectivity index (χ3n) is 3.51. The molecule has 3 nitrogen and oxygen atoms in total. The summed E-state index contributed by atoms with van der Waals surface area (Å²) in [7, 11) is 0. The van der Waals surface area contributed by atoms with Crippen molar-refractivity contribution in [2.45, 2.75) is 50.7 Å². The smallest absolute Gasteiger partial charge is 0.0811 e. The second kappa shape index (κ2) is 4.40. The third-order valence-corrected chi connectivity index (χ3v) is 3.51. The Balaban J connectivity index is 1.77. The van der Waals surface area contributed by atoms with E-state index in [9.17, 15) is 0 Å². The van der Waals surface area contributed by atoms with Crippen molar-refractivity contribution in [1.29, 1.82) is 0 Å². The average Bonchev–Trinajstić information content (AvgIpc) is 2.71. The van der Waals surface area contributed by atoms with E-state index in [1.807, 2.05) is 0 Å². The van der Waals surface area contributed by atoms with Gasteiger partial charge in [-0.25, -0.2) is 5.90 Å². The van der Waals surface area contributed by atoms with E-state index < -0.39 is 0 Å².